The van der Waals surface area contributed by atoms with Crippen molar-refractivity contribution in [1.82, 2.24) is 24.7 Å². The monoisotopic (exact) mass is 487 g/mol. The van der Waals surface area contributed by atoms with Crippen LogP contribution in [0.3, 0.4) is 0 Å². The average molecular weight is 488 g/mol. The van der Waals surface area contributed by atoms with Gasteiger partial charge in [0.25, 0.3) is 5.56 Å². The molecule has 0 aliphatic carbocycles. The summed E-state index contributed by atoms with van der Waals surface area (Å²) in [5, 5.41) is 0.684. The minimum atomic E-state index is -0.102. The highest BCUT2D eigenvalue weighted by molar-refractivity contribution is 7.22. The molecule has 2 aliphatic heterocycles. The molecule has 33 heavy (non-hydrogen) atoms. The zero-order valence-electron chi connectivity index (χ0n) is 18.3. The molecule has 8 nitrogen and oxygen atoms in total. The highest BCUT2D eigenvalue weighted by Gasteiger charge is 2.23. The molecular weight excluding hydrogens is 462 g/mol. The molecule has 0 unspecified atom stereocenters. The fraction of sp³-hybridized carbons (Fsp3) is 0.435. The molecule has 0 radical (unpaired) electrons. The van der Waals surface area contributed by atoms with Gasteiger partial charge in [0.2, 0.25) is 5.91 Å². The van der Waals surface area contributed by atoms with Gasteiger partial charge in [-0.15, -0.1) is 11.3 Å². The van der Waals surface area contributed by atoms with Crippen LogP contribution in [0.1, 0.15) is 5.82 Å². The number of carbonyl (C=O) groups is 1. The van der Waals surface area contributed by atoms with E-state index < -0.39 is 0 Å². The minimum absolute atomic E-state index is 0.102. The third kappa shape index (κ3) is 5.28. The van der Waals surface area contributed by atoms with Crippen LogP contribution in [-0.2, 0) is 16.1 Å². The molecule has 0 atom stereocenters. The van der Waals surface area contributed by atoms with Gasteiger partial charge in [-0.3, -0.25) is 19.4 Å². The van der Waals surface area contributed by atoms with Gasteiger partial charge in [-0.1, -0.05) is 23.7 Å². The molecule has 1 aromatic carbocycles. The molecule has 0 saturated carbocycles. The van der Waals surface area contributed by atoms with Crippen molar-refractivity contribution in [3.63, 3.8) is 0 Å². The first-order chi connectivity index (χ1) is 16.0. The minimum Gasteiger partial charge on any atom is -0.378 e. The number of hydrogen-bond donors (Lipinski definition) is 1. The van der Waals surface area contributed by atoms with Crippen molar-refractivity contribution < 1.29 is 9.53 Å². The van der Waals surface area contributed by atoms with E-state index in [1.54, 1.807) is 0 Å². The molecule has 174 valence electrons. The summed E-state index contributed by atoms with van der Waals surface area (Å²) in [6.07, 6.45) is 0. The molecule has 0 spiro atoms. The SMILES string of the molecule is O=C(CN1CCN(Cc2nc3cc(-c4ccc(Cl)cc4)sc3c(=O)[nH]2)CC1)N1CCOCC1. The quantitative estimate of drug-likeness (QED) is 0.594. The Morgan fingerprint density at radius 1 is 1.06 bits per heavy atom. The van der Waals surface area contributed by atoms with Crippen molar-refractivity contribution >= 4 is 39.1 Å². The number of aromatic amines is 1. The maximum Gasteiger partial charge on any atom is 0.268 e. The Hall–Kier alpha value is -2.30. The highest BCUT2D eigenvalue weighted by atomic mass is 35.5. The largest absolute Gasteiger partial charge is 0.378 e. The lowest BCUT2D eigenvalue weighted by Crippen LogP contribution is -2.51. The first kappa shape index (κ1) is 22.5. The molecule has 2 saturated heterocycles. The van der Waals surface area contributed by atoms with E-state index in [9.17, 15) is 9.59 Å². The topological polar surface area (TPSA) is 81.8 Å². The van der Waals surface area contributed by atoms with Gasteiger partial charge in [-0.2, -0.15) is 0 Å². The molecule has 0 bridgehead atoms. The Labute approximate surface area is 200 Å². The Morgan fingerprint density at radius 2 is 1.76 bits per heavy atom. The maximum atomic E-state index is 12.7. The normalized spacial score (nSPS) is 18.2. The Balaban J connectivity index is 1.20. The summed E-state index contributed by atoms with van der Waals surface area (Å²) >= 11 is 7.43. The molecule has 1 N–H and O–H groups in total. The molecule has 2 aliphatic rings. The number of fused-ring (bicyclic) bond motifs is 1. The van der Waals surface area contributed by atoms with E-state index in [4.69, 9.17) is 21.3 Å². The van der Waals surface area contributed by atoms with Crippen molar-refractivity contribution in [3.8, 4) is 10.4 Å². The standard InChI is InChI=1S/C23H26ClN5O3S/c24-17-3-1-16(2-4-17)19-13-18-22(33-19)23(31)26-20(25-18)14-27-5-7-28(8-6-27)15-21(30)29-9-11-32-12-10-29/h1-4,13H,5-12,14-15H2,(H,25,26,31). The van der Waals surface area contributed by atoms with Crippen LogP contribution in [0.25, 0.3) is 20.7 Å². The van der Waals surface area contributed by atoms with E-state index >= 15 is 0 Å². The summed E-state index contributed by atoms with van der Waals surface area (Å²) in [4.78, 5) is 40.2. The van der Waals surface area contributed by atoms with Crippen molar-refractivity contribution in [3.05, 3.63) is 51.5 Å². The number of H-pyrrole nitrogens is 1. The van der Waals surface area contributed by atoms with Crippen LogP contribution >= 0.6 is 22.9 Å². The van der Waals surface area contributed by atoms with E-state index in [0.717, 1.165) is 42.1 Å². The molecular formula is C23H26ClN5O3S. The smallest absolute Gasteiger partial charge is 0.268 e. The molecule has 2 fully saturated rings. The summed E-state index contributed by atoms with van der Waals surface area (Å²) in [5.74, 6) is 0.850. The second-order valence-corrected chi connectivity index (χ2v) is 9.88. The molecule has 10 heteroatoms. The Bertz CT molecular complexity index is 1180. The third-order valence-electron chi connectivity index (χ3n) is 6.12. The van der Waals surface area contributed by atoms with Crippen molar-refractivity contribution in [1.29, 1.82) is 0 Å². The third-order valence-corrected chi connectivity index (χ3v) is 7.55. The fourth-order valence-corrected chi connectivity index (χ4v) is 5.36. The number of morpholine rings is 1. The predicted molar refractivity (Wildman–Crippen MR) is 130 cm³/mol. The van der Waals surface area contributed by atoms with E-state index in [2.05, 4.69) is 14.8 Å². The maximum absolute atomic E-state index is 12.7. The molecule has 4 heterocycles. The number of carbonyl (C=O) groups excluding carboxylic acids is 1. The van der Waals surface area contributed by atoms with Gasteiger partial charge in [-0.05, 0) is 23.8 Å². The van der Waals surface area contributed by atoms with Crippen LogP contribution in [0.2, 0.25) is 5.02 Å². The summed E-state index contributed by atoms with van der Waals surface area (Å²) < 4.78 is 5.96. The lowest BCUT2D eigenvalue weighted by Gasteiger charge is -2.35. The number of ether oxygens (including phenoxy) is 1. The second-order valence-electron chi connectivity index (χ2n) is 8.39. The van der Waals surface area contributed by atoms with Gasteiger partial charge < -0.3 is 14.6 Å². The van der Waals surface area contributed by atoms with E-state index in [-0.39, 0.29) is 11.5 Å². The van der Waals surface area contributed by atoms with E-state index in [1.165, 1.54) is 11.3 Å². The zero-order chi connectivity index (χ0) is 22.8. The number of piperazine rings is 1. The number of benzene rings is 1. The fourth-order valence-electron chi connectivity index (χ4n) is 4.24. The second kappa shape index (κ2) is 9.90. The predicted octanol–water partition coefficient (Wildman–Crippen LogP) is 2.28. The van der Waals surface area contributed by atoms with Crippen LogP contribution in [-0.4, -0.2) is 89.6 Å². The molecule has 1 amide bonds. The molecule has 5 rings (SSSR count). The lowest BCUT2D eigenvalue weighted by molar-refractivity contribution is -0.136. The summed E-state index contributed by atoms with van der Waals surface area (Å²) in [6, 6.07) is 9.56. The van der Waals surface area contributed by atoms with Crippen LogP contribution in [0, 0.1) is 0 Å². The number of nitrogens with one attached hydrogen (secondary N) is 1. The number of aromatic nitrogens is 2. The highest BCUT2D eigenvalue weighted by Crippen LogP contribution is 2.31. The first-order valence-electron chi connectivity index (χ1n) is 11.1. The van der Waals surface area contributed by atoms with Gasteiger partial charge in [0.1, 0.15) is 10.5 Å². The Kier molecular flexibility index (Phi) is 6.75. The van der Waals surface area contributed by atoms with E-state index in [1.807, 2.05) is 35.2 Å². The number of thiophene rings is 1. The summed E-state index contributed by atoms with van der Waals surface area (Å²) in [6.45, 7) is 6.96. The van der Waals surface area contributed by atoms with Crippen LogP contribution < -0.4 is 5.56 Å². The average Bonchev–Trinajstić information content (AvgIpc) is 3.26. The van der Waals surface area contributed by atoms with Crippen molar-refractivity contribution in [2.24, 2.45) is 0 Å². The Morgan fingerprint density at radius 3 is 2.48 bits per heavy atom. The van der Waals surface area contributed by atoms with Gasteiger partial charge in [0.05, 0.1) is 31.8 Å². The number of hydrogen-bond acceptors (Lipinski definition) is 7. The van der Waals surface area contributed by atoms with Crippen molar-refractivity contribution in [2.45, 2.75) is 6.54 Å². The molecule has 3 aromatic rings. The van der Waals surface area contributed by atoms with E-state index in [0.29, 0.717) is 54.9 Å². The zero-order valence-corrected chi connectivity index (χ0v) is 19.8. The van der Waals surface area contributed by atoms with Crippen molar-refractivity contribution in [2.75, 3.05) is 59.0 Å². The number of halogens is 1. The van der Waals surface area contributed by atoms with Gasteiger partial charge >= 0.3 is 0 Å². The first-order valence-corrected chi connectivity index (χ1v) is 12.3. The number of rotatable bonds is 5. The molecule has 2 aromatic heterocycles. The lowest BCUT2D eigenvalue weighted by atomic mass is 10.2. The van der Waals surface area contributed by atoms with Crippen LogP contribution in [0.15, 0.2) is 35.1 Å². The van der Waals surface area contributed by atoms with Gasteiger partial charge in [0, 0.05) is 49.2 Å². The summed E-state index contributed by atoms with van der Waals surface area (Å²) in [5.41, 5.74) is 1.64. The summed E-state index contributed by atoms with van der Waals surface area (Å²) in [7, 11) is 0. The van der Waals surface area contributed by atoms with Gasteiger partial charge in [-0.25, -0.2) is 4.98 Å². The van der Waals surface area contributed by atoms with Gasteiger partial charge in [0.15, 0.2) is 0 Å². The number of nitrogens with zero attached hydrogens (tertiary/aromatic N) is 4. The van der Waals surface area contributed by atoms with Crippen LogP contribution in [0.4, 0.5) is 0 Å². The number of amides is 1. The van der Waals surface area contributed by atoms with Crippen LogP contribution in [0.5, 0.6) is 0 Å².